The highest BCUT2D eigenvalue weighted by Gasteiger charge is 2.27. The molecule has 0 aromatic heterocycles. The van der Waals surface area contributed by atoms with Crippen molar-refractivity contribution >= 4 is 47.2 Å². The van der Waals surface area contributed by atoms with Crippen LogP contribution in [0.1, 0.15) is 46.6 Å². The van der Waals surface area contributed by atoms with E-state index in [9.17, 15) is 33.6 Å². The molecule has 0 spiro atoms. The maximum Gasteiger partial charge on any atom is 0.305 e. The van der Waals surface area contributed by atoms with Crippen LogP contribution >= 0.6 is 0 Å². The summed E-state index contributed by atoms with van der Waals surface area (Å²) in [6, 6.07) is 4.09. The summed E-state index contributed by atoms with van der Waals surface area (Å²) in [5.74, 6) is -5.49. The number of benzene rings is 1. The van der Waals surface area contributed by atoms with Gasteiger partial charge in [-0.15, -0.1) is 0 Å². The molecule has 1 aromatic carbocycles. The molecule has 0 aliphatic rings. The molecule has 0 saturated carbocycles. The van der Waals surface area contributed by atoms with Crippen LogP contribution in [0.25, 0.3) is 0 Å². The summed E-state index contributed by atoms with van der Waals surface area (Å²) in [5.41, 5.74) is 1.18. The van der Waals surface area contributed by atoms with E-state index in [1.54, 1.807) is 38.1 Å². The zero-order chi connectivity index (χ0) is 31.8. The number of esters is 1. The van der Waals surface area contributed by atoms with Crippen LogP contribution in [0, 0.1) is 5.92 Å². The van der Waals surface area contributed by atoms with Gasteiger partial charge in [-0.25, -0.2) is 0 Å². The van der Waals surface area contributed by atoms with Gasteiger partial charge in [0.25, 0.3) is 0 Å². The first-order valence-electron chi connectivity index (χ1n) is 13.3. The Balaban J connectivity index is 2.60. The topological polar surface area (TPSA) is 221 Å². The molecule has 15 heteroatoms. The molecular weight excluding hydrogens is 552 g/mol. The predicted molar refractivity (Wildman–Crippen MR) is 151 cm³/mol. The van der Waals surface area contributed by atoms with Crippen LogP contribution in [0.15, 0.2) is 24.3 Å². The first kappa shape index (κ1) is 35.5. The van der Waals surface area contributed by atoms with Crippen LogP contribution in [0.5, 0.6) is 0 Å². The first-order chi connectivity index (χ1) is 19.7. The molecule has 0 aliphatic carbocycles. The summed E-state index contributed by atoms with van der Waals surface area (Å²) < 4.78 is 4.90. The molecule has 1 rings (SSSR count). The van der Waals surface area contributed by atoms with Crippen molar-refractivity contribution in [1.82, 2.24) is 26.6 Å². The number of ether oxygens (including phenoxy) is 1. The van der Waals surface area contributed by atoms with Crippen LogP contribution in [0.4, 0.5) is 5.69 Å². The zero-order valence-electron chi connectivity index (χ0n) is 24.4. The van der Waals surface area contributed by atoms with E-state index in [-0.39, 0.29) is 31.7 Å². The fourth-order valence-electron chi connectivity index (χ4n) is 3.33. The van der Waals surface area contributed by atoms with Gasteiger partial charge in [0.15, 0.2) is 0 Å². The van der Waals surface area contributed by atoms with Gasteiger partial charge in [0.2, 0.25) is 29.5 Å². The average Bonchev–Trinajstić information content (AvgIpc) is 2.91. The molecule has 42 heavy (non-hydrogen) atoms. The molecule has 0 saturated heterocycles. The number of anilines is 1. The Morgan fingerprint density at radius 2 is 1.36 bits per heavy atom. The second-order valence-corrected chi connectivity index (χ2v) is 10.0. The van der Waals surface area contributed by atoms with Crippen LogP contribution in [-0.2, 0) is 44.9 Å². The Morgan fingerprint density at radius 3 is 1.90 bits per heavy atom. The van der Waals surface area contributed by atoms with Gasteiger partial charge in [-0.2, -0.15) is 0 Å². The summed E-state index contributed by atoms with van der Waals surface area (Å²) >= 11 is 0. The van der Waals surface area contributed by atoms with Gasteiger partial charge in [-0.05, 0) is 23.6 Å². The van der Waals surface area contributed by atoms with Crippen molar-refractivity contribution in [3.8, 4) is 0 Å². The summed E-state index contributed by atoms with van der Waals surface area (Å²) in [6.07, 6.45) is -0.696. The lowest BCUT2D eigenvalue weighted by Gasteiger charge is -2.22. The van der Waals surface area contributed by atoms with Gasteiger partial charge in [0.05, 0.1) is 26.1 Å². The van der Waals surface area contributed by atoms with Crippen molar-refractivity contribution < 1.29 is 43.4 Å². The van der Waals surface area contributed by atoms with E-state index < -0.39 is 66.5 Å². The number of carboxylic acids is 1. The van der Waals surface area contributed by atoms with Gasteiger partial charge in [0.1, 0.15) is 18.7 Å². The zero-order valence-corrected chi connectivity index (χ0v) is 24.4. The number of hydrogen-bond donors (Lipinski definition) is 7. The number of carbonyl (C=O) groups is 7. The summed E-state index contributed by atoms with van der Waals surface area (Å²) in [5, 5.41) is 24.1. The van der Waals surface area contributed by atoms with Crippen molar-refractivity contribution in [2.75, 3.05) is 25.0 Å². The molecule has 2 atom stereocenters. The second-order valence-electron chi connectivity index (χ2n) is 10.0. The minimum absolute atomic E-state index is 0.00926. The monoisotopic (exact) mass is 592 g/mol. The molecule has 1 aromatic rings. The molecule has 7 N–H and O–H groups in total. The molecule has 0 radical (unpaired) electrons. The Labute approximate surface area is 243 Å². The van der Waals surface area contributed by atoms with Gasteiger partial charge >= 0.3 is 11.9 Å². The highest BCUT2D eigenvalue weighted by atomic mass is 16.5. The Kier molecular flexibility index (Phi) is 15.2. The first-order valence-corrected chi connectivity index (χ1v) is 13.3. The van der Waals surface area contributed by atoms with E-state index >= 15 is 0 Å². The average molecular weight is 593 g/mol. The quantitative estimate of drug-likeness (QED) is 0.110. The molecule has 2 unspecified atom stereocenters. The lowest BCUT2D eigenvalue weighted by molar-refractivity contribution is -0.142. The highest BCUT2D eigenvalue weighted by Crippen LogP contribution is 2.10. The van der Waals surface area contributed by atoms with E-state index in [4.69, 9.17) is 9.84 Å². The van der Waals surface area contributed by atoms with Crippen LogP contribution in [0.2, 0.25) is 0 Å². The number of amides is 5. The third-order valence-electron chi connectivity index (χ3n) is 5.49. The Morgan fingerprint density at radius 1 is 0.786 bits per heavy atom. The minimum atomic E-state index is -1.41. The number of carbonyl (C=O) groups excluding carboxylic acids is 6. The van der Waals surface area contributed by atoms with Gasteiger partial charge in [-0.3, -0.25) is 33.6 Å². The normalized spacial score (nSPS) is 12.1. The minimum Gasteiger partial charge on any atom is -0.481 e. The number of aliphatic carboxylic acids is 1. The lowest BCUT2D eigenvalue weighted by Crippen LogP contribution is -2.55. The van der Waals surface area contributed by atoms with Crippen LogP contribution in [0.3, 0.4) is 0 Å². The number of carboxylic acid groups (broad SMARTS) is 1. The molecule has 232 valence electrons. The summed E-state index contributed by atoms with van der Waals surface area (Å²) in [7, 11) is 0. The number of nitrogens with one attached hydrogen (secondary N) is 6. The van der Waals surface area contributed by atoms with Gasteiger partial charge in [-0.1, -0.05) is 39.8 Å². The third-order valence-corrected chi connectivity index (χ3v) is 5.49. The van der Waals surface area contributed by atoms with Crippen molar-refractivity contribution in [2.24, 2.45) is 5.92 Å². The molecule has 0 aliphatic heterocycles. The van der Waals surface area contributed by atoms with Crippen molar-refractivity contribution in [1.29, 1.82) is 0 Å². The fourth-order valence-corrected chi connectivity index (χ4v) is 3.33. The van der Waals surface area contributed by atoms with Crippen molar-refractivity contribution in [3.05, 3.63) is 29.8 Å². The molecule has 0 bridgehead atoms. The van der Waals surface area contributed by atoms with Crippen molar-refractivity contribution in [3.63, 3.8) is 0 Å². The SMILES string of the molecule is CC(=O)OCc1ccc(NC(=O)CNC(=O)C(NC(=O)CNC(=O)C(CC(=O)O)NC(=O)CNC(C)C)C(C)C)cc1. The molecular formula is C27H40N6O9. The lowest BCUT2D eigenvalue weighted by atomic mass is 10.0. The van der Waals surface area contributed by atoms with E-state index in [0.29, 0.717) is 5.69 Å². The summed E-state index contributed by atoms with van der Waals surface area (Å²) in [4.78, 5) is 84.0. The molecule has 15 nitrogen and oxygen atoms in total. The van der Waals surface area contributed by atoms with Crippen molar-refractivity contribution in [2.45, 2.75) is 65.8 Å². The second kappa shape index (κ2) is 18.0. The molecule has 5 amide bonds. The standard InChI is InChI=1S/C27H40N6O9/c1-15(2)25(27(41)30-12-21(35)31-19-8-6-18(7-9-19)14-42-17(5)34)33-23(37)13-29-26(40)20(10-24(38)39)32-22(36)11-28-16(3)4/h6-9,15-16,20,25,28H,10-14H2,1-5H3,(H,29,40)(H,30,41)(H,31,35)(H,32,36)(H,33,37)(H,38,39). The largest absolute Gasteiger partial charge is 0.481 e. The van der Waals surface area contributed by atoms with E-state index in [2.05, 4.69) is 31.9 Å². The maximum absolute atomic E-state index is 12.7. The van der Waals surface area contributed by atoms with Crippen LogP contribution < -0.4 is 31.9 Å². The molecule has 0 fully saturated rings. The smallest absolute Gasteiger partial charge is 0.305 e. The van der Waals surface area contributed by atoms with Gasteiger partial charge in [0, 0.05) is 18.7 Å². The van der Waals surface area contributed by atoms with E-state index in [0.717, 1.165) is 5.56 Å². The number of hydrogen-bond acceptors (Lipinski definition) is 9. The van der Waals surface area contributed by atoms with E-state index in [1.807, 2.05) is 13.8 Å². The molecule has 0 heterocycles. The summed E-state index contributed by atoms with van der Waals surface area (Å²) in [6.45, 7) is 7.26. The maximum atomic E-state index is 12.7. The van der Waals surface area contributed by atoms with E-state index in [1.165, 1.54) is 6.92 Å². The number of rotatable bonds is 17. The van der Waals surface area contributed by atoms with Gasteiger partial charge < -0.3 is 41.7 Å². The Hall–Kier alpha value is -4.53. The Bertz CT molecular complexity index is 1120. The predicted octanol–water partition coefficient (Wildman–Crippen LogP) is -0.981. The fraction of sp³-hybridized carbons (Fsp3) is 0.519. The third kappa shape index (κ3) is 14.7. The highest BCUT2D eigenvalue weighted by molar-refractivity contribution is 5.97. The van der Waals surface area contributed by atoms with Crippen LogP contribution in [-0.4, -0.2) is 84.3 Å².